The number of para-hydroxylation sites is 2. The predicted octanol–water partition coefficient (Wildman–Crippen LogP) is 8.19. The fraction of sp³-hybridized carbons (Fsp3) is 0.643. The standard InChI is InChI=1S/C28H36N2O3.C25H34N2.C2Cl2O2.CH3O.Na/c1-33-28(32)27(31)25-17-29(26-11-3-2-10-24(25)26)22-15-20-8-5-9-21(16-22)30(20)23-13-18-6-4-7-19(12-18)14-23;1-2-10-25-20(7-1)11-12-26(25)23-16-21-8-4-9-22(17-23)27(21)24-14-18-5-3-6-19(13-18)15-24;3-1(5)2(4)6;1-2;/h2-3,10-11,17-23H,4-9,12-16H2,1H3;1-2,7,10-12,18-19,21-24H,3-6,8-9,13-17H2;;1H3;/q;;;-1;+1/t18-,19+,20-,21+,22?,23?;18-,19+,21-,22+,23?,24?;;;. The number of Topliss-reactive ketones (excluding diaryl/α,β-unsaturated/α-hetero) is 1. The van der Waals surface area contributed by atoms with Crippen molar-refractivity contribution in [3.8, 4) is 0 Å². The Bertz CT molecular complexity index is 2340. The molecule has 0 radical (unpaired) electrons. The van der Waals surface area contributed by atoms with Crippen molar-refractivity contribution in [1.29, 1.82) is 0 Å². The number of esters is 1. The summed E-state index contributed by atoms with van der Waals surface area (Å²) in [7, 11) is 2.02. The van der Waals surface area contributed by atoms with Crippen molar-refractivity contribution < 1.29 is 58.6 Å². The van der Waals surface area contributed by atoms with Gasteiger partial charge in [0, 0.05) is 77.1 Å². The van der Waals surface area contributed by atoms with Gasteiger partial charge >= 0.3 is 46.0 Å². The zero-order chi connectivity index (χ0) is 47.5. The number of nitrogens with zero attached hydrogens (tertiary/aromatic N) is 4. The van der Waals surface area contributed by atoms with Gasteiger partial charge < -0.3 is 19.0 Å². The van der Waals surface area contributed by atoms with Gasteiger partial charge in [-0.25, -0.2) is 4.79 Å². The molecule has 8 fully saturated rings. The number of carbonyl (C=O) groups is 4. The van der Waals surface area contributed by atoms with E-state index in [1.165, 1.54) is 140 Å². The van der Waals surface area contributed by atoms with Crippen LogP contribution in [0.1, 0.15) is 164 Å². The number of piperidine rings is 4. The fourth-order valence-corrected chi connectivity index (χ4v) is 15.6. The molecule has 6 heterocycles. The number of carbonyl (C=O) groups excluding carboxylic acids is 4. The Morgan fingerprint density at radius 2 is 0.928 bits per heavy atom. The first-order chi connectivity index (χ1) is 33.1. The molecule has 0 amide bonds. The fourth-order valence-electron chi connectivity index (χ4n) is 15.6. The monoisotopic (exact) mass is 990 g/mol. The van der Waals surface area contributed by atoms with Gasteiger partial charge in [0.1, 0.15) is 0 Å². The van der Waals surface area contributed by atoms with Crippen LogP contribution in [0, 0.1) is 23.7 Å². The molecule has 368 valence electrons. The van der Waals surface area contributed by atoms with E-state index in [9.17, 15) is 19.2 Å². The van der Waals surface area contributed by atoms with E-state index in [1.54, 1.807) is 6.42 Å². The maximum atomic E-state index is 12.7. The van der Waals surface area contributed by atoms with Crippen molar-refractivity contribution >= 4 is 67.2 Å². The van der Waals surface area contributed by atoms with E-state index in [0.717, 1.165) is 78.7 Å². The maximum absolute atomic E-state index is 12.7. The van der Waals surface area contributed by atoms with E-state index in [-0.39, 0.29) is 29.6 Å². The van der Waals surface area contributed by atoms with Crippen molar-refractivity contribution in [2.75, 3.05) is 14.2 Å². The first-order valence-corrected chi connectivity index (χ1v) is 27.0. The molecule has 0 spiro atoms. The van der Waals surface area contributed by atoms with E-state index in [1.807, 2.05) is 24.4 Å². The van der Waals surface area contributed by atoms with Crippen LogP contribution < -0.4 is 34.7 Å². The summed E-state index contributed by atoms with van der Waals surface area (Å²) in [6, 6.07) is 25.0. The minimum absolute atomic E-state index is 0. The average molecular weight is 992 g/mol. The first-order valence-electron chi connectivity index (χ1n) is 26.2. The van der Waals surface area contributed by atoms with Gasteiger partial charge in [0.05, 0.1) is 12.7 Å². The number of benzene rings is 2. The molecule has 12 rings (SSSR count). The number of halogens is 2. The molecule has 2 aromatic carbocycles. The van der Waals surface area contributed by atoms with E-state index in [4.69, 9.17) is 9.84 Å². The van der Waals surface area contributed by atoms with Crippen LogP contribution in [0.25, 0.3) is 21.8 Å². The molecule has 8 aliphatic rings. The summed E-state index contributed by atoms with van der Waals surface area (Å²) in [6.45, 7) is 0. The van der Waals surface area contributed by atoms with Crippen molar-refractivity contribution in [2.45, 2.75) is 190 Å². The normalized spacial score (nSPS) is 32.6. The third-order valence-corrected chi connectivity index (χ3v) is 18.4. The van der Waals surface area contributed by atoms with Gasteiger partial charge in [0.15, 0.2) is 0 Å². The zero-order valence-corrected chi connectivity index (χ0v) is 44.8. The van der Waals surface area contributed by atoms with Crippen LogP contribution in [-0.4, -0.2) is 91.6 Å². The number of ether oxygens (including phenoxy) is 1. The summed E-state index contributed by atoms with van der Waals surface area (Å²) in [4.78, 5) is 49.7. The van der Waals surface area contributed by atoms with Crippen molar-refractivity contribution in [2.24, 2.45) is 23.7 Å². The van der Waals surface area contributed by atoms with Gasteiger partial charge in [-0.1, -0.05) is 87.8 Å². The molecule has 4 aliphatic carbocycles. The minimum atomic E-state index is -1.14. The van der Waals surface area contributed by atoms with Crippen molar-refractivity contribution in [1.82, 2.24) is 18.9 Å². The Hall–Kier alpha value is -2.54. The molecule has 69 heavy (non-hydrogen) atoms. The van der Waals surface area contributed by atoms with Gasteiger partial charge in [-0.05, 0) is 160 Å². The Labute approximate surface area is 441 Å². The molecular weight excluding hydrogens is 919 g/mol. The second-order valence-electron chi connectivity index (χ2n) is 21.8. The number of ketones is 1. The molecule has 8 bridgehead atoms. The molecule has 4 aromatic rings. The zero-order valence-electron chi connectivity index (χ0n) is 41.3. The third kappa shape index (κ3) is 11.6. The molecular formula is C56H73Cl2N4NaO6. The van der Waals surface area contributed by atoms with E-state index < -0.39 is 22.2 Å². The van der Waals surface area contributed by atoms with Crippen molar-refractivity contribution in [3.63, 3.8) is 0 Å². The number of rotatable bonds is 7. The van der Waals surface area contributed by atoms with Crippen LogP contribution in [0.3, 0.4) is 0 Å². The number of hydrogen-bond acceptors (Lipinski definition) is 8. The number of hydrogen-bond donors (Lipinski definition) is 0. The molecule has 10 nitrogen and oxygen atoms in total. The van der Waals surface area contributed by atoms with E-state index in [2.05, 4.69) is 84.7 Å². The average Bonchev–Trinajstić information content (AvgIpc) is 3.96. The Balaban J connectivity index is 0.000000161. The molecule has 0 N–H and O–H groups in total. The minimum Gasteiger partial charge on any atom is -0.857 e. The Morgan fingerprint density at radius 1 is 0.507 bits per heavy atom. The maximum Gasteiger partial charge on any atom is 1.00 e. The summed E-state index contributed by atoms with van der Waals surface area (Å²) < 4.78 is 9.67. The summed E-state index contributed by atoms with van der Waals surface area (Å²) in [5.74, 6) is 2.69. The second-order valence-corrected chi connectivity index (χ2v) is 22.5. The number of methoxy groups -OCH3 is 1. The van der Waals surface area contributed by atoms with E-state index in [0.29, 0.717) is 29.7 Å². The molecule has 12 atom stereocenters. The topological polar surface area (TPSA) is 117 Å². The Kier molecular flexibility index (Phi) is 18.4. The van der Waals surface area contributed by atoms with Gasteiger partial charge in [-0.3, -0.25) is 24.2 Å². The SMILES string of the molecule is COC(=O)C(=O)c1cn(C2C[C@H]3CCC[C@@H](C2)N3C2C[C@H]3CCC[C@@H](C2)C3)c2ccccc12.C[O-].O=C(Cl)C(=O)Cl.[Na+].c1ccc2c(c1)ccn2C1C[C@H]2CCC[C@@H](C1)N2C1C[C@H]2CCC[C@@H](C1)C2. The summed E-state index contributed by atoms with van der Waals surface area (Å²) in [6.07, 6.45) is 35.4. The summed E-state index contributed by atoms with van der Waals surface area (Å²) in [5, 5.41) is 8.24. The summed E-state index contributed by atoms with van der Waals surface area (Å²) >= 11 is 8.98. The second kappa shape index (κ2) is 24.0. The predicted molar refractivity (Wildman–Crippen MR) is 268 cm³/mol. The summed E-state index contributed by atoms with van der Waals surface area (Å²) in [5.41, 5.74) is 2.99. The van der Waals surface area contributed by atoms with Crippen LogP contribution >= 0.6 is 23.2 Å². The molecule has 4 saturated carbocycles. The van der Waals surface area contributed by atoms with E-state index >= 15 is 0 Å². The van der Waals surface area contributed by atoms with Gasteiger partial charge in [0.25, 0.3) is 5.78 Å². The molecule has 4 saturated heterocycles. The van der Waals surface area contributed by atoms with Crippen LogP contribution in [0.2, 0.25) is 0 Å². The van der Waals surface area contributed by atoms with Gasteiger partial charge in [0.2, 0.25) is 0 Å². The molecule has 2 aromatic heterocycles. The quantitative estimate of drug-likeness (QED) is 0.0599. The number of aromatic nitrogens is 2. The van der Waals surface area contributed by atoms with Gasteiger partial charge in [-0.15, -0.1) is 0 Å². The van der Waals surface area contributed by atoms with Crippen LogP contribution in [0.15, 0.2) is 67.0 Å². The Morgan fingerprint density at radius 3 is 1.39 bits per heavy atom. The van der Waals surface area contributed by atoms with Crippen molar-refractivity contribution in [3.05, 3.63) is 72.6 Å². The molecule has 4 unspecified atom stereocenters. The molecule has 4 aliphatic heterocycles. The molecule has 13 heteroatoms. The number of fused-ring (bicyclic) bond motifs is 10. The first kappa shape index (κ1) is 52.8. The smallest absolute Gasteiger partial charge is 0.857 e. The third-order valence-electron chi connectivity index (χ3n) is 18.0. The van der Waals surface area contributed by atoms with Gasteiger partial charge in [-0.2, -0.15) is 7.11 Å². The van der Waals surface area contributed by atoms with Crippen LogP contribution in [0.4, 0.5) is 0 Å². The largest absolute Gasteiger partial charge is 1.00 e. The van der Waals surface area contributed by atoms with Crippen LogP contribution in [-0.2, 0) is 19.1 Å². The van der Waals surface area contributed by atoms with Crippen LogP contribution in [0.5, 0.6) is 0 Å².